The zero-order valence-corrected chi connectivity index (χ0v) is 14.5. The molecule has 0 saturated heterocycles. The molecule has 130 valence electrons. The molecular weight excluding hydrogens is 328 g/mol. The Kier molecular flexibility index (Phi) is 5.91. The van der Waals surface area contributed by atoms with Crippen molar-refractivity contribution in [2.45, 2.75) is 37.8 Å². The summed E-state index contributed by atoms with van der Waals surface area (Å²) < 4.78 is 10.5. The highest BCUT2D eigenvalue weighted by Gasteiger charge is 2.37. The maximum absolute atomic E-state index is 12.6. The molecule has 0 atom stereocenters. The molecule has 0 bridgehead atoms. The number of rotatable bonds is 5. The van der Waals surface area contributed by atoms with Crippen LogP contribution in [0.1, 0.15) is 47.4 Å². The van der Waals surface area contributed by atoms with Crippen LogP contribution < -0.4 is 15.8 Å². The van der Waals surface area contributed by atoms with E-state index in [4.69, 9.17) is 14.9 Å². The van der Waals surface area contributed by atoms with E-state index in [1.54, 1.807) is 13.2 Å². The first-order chi connectivity index (χ1) is 11.2. The second kappa shape index (κ2) is 7.73. The van der Waals surface area contributed by atoms with Gasteiger partial charge in [-0.3, -0.25) is 4.79 Å². The van der Waals surface area contributed by atoms with E-state index in [-0.39, 0.29) is 30.4 Å². The van der Waals surface area contributed by atoms with Crippen molar-refractivity contribution < 1.29 is 13.9 Å². The second-order valence-corrected chi connectivity index (χ2v) is 5.98. The molecule has 3 rings (SSSR count). The minimum atomic E-state index is -0.316. The molecule has 1 aliphatic rings. The number of hydrogen-bond acceptors (Lipinski definition) is 4. The molecule has 2 aromatic rings. The van der Waals surface area contributed by atoms with E-state index in [9.17, 15) is 4.79 Å². The van der Waals surface area contributed by atoms with Crippen molar-refractivity contribution in [2.75, 3.05) is 7.11 Å². The van der Waals surface area contributed by atoms with Crippen molar-refractivity contribution in [1.82, 2.24) is 5.32 Å². The van der Waals surface area contributed by atoms with E-state index < -0.39 is 0 Å². The van der Waals surface area contributed by atoms with Gasteiger partial charge in [-0.25, -0.2) is 0 Å². The largest absolute Gasteiger partial charge is 0.497 e. The van der Waals surface area contributed by atoms with Crippen LogP contribution in [-0.4, -0.2) is 13.0 Å². The van der Waals surface area contributed by atoms with Crippen molar-refractivity contribution in [3.63, 3.8) is 0 Å². The monoisotopic (exact) mass is 350 g/mol. The van der Waals surface area contributed by atoms with Gasteiger partial charge >= 0.3 is 0 Å². The first-order valence-electron chi connectivity index (χ1n) is 7.91. The molecule has 1 saturated carbocycles. The van der Waals surface area contributed by atoms with Crippen LogP contribution in [0.4, 0.5) is 0 Å². The Morgan fingerprint density at radius 3 is 2.50 bits per heavy atom. The number of carbonyl (C=O) groups is 1. The summed E-state index contributed by atoms with van der Waals surface area (Å²) in [7, 11) is 1.65. The molecule has 0 aliphatic heterocycles. The quantitative estimate of drug-likeness (QED) is 0.866. The second-order valence-electron chi connectivity index (χ2n) is 5.98. The Bertz CT molecular complexity index is 676. The number of nitrogens with one attached hydrogen (secondary N) is 1. The zero-order chi connectivity index (χ0) is 16.3. The Labute approximate surface area is 148 Å². The summed E-state index contributed by atoms with van der Waals surface area (Å²) in [6.07, 6.45) is 5.55. The molecule has 1 fully saturated rings. The third-order valence-electron chi connectivity index (χ3n) is 4.57. The maximum Gasteiger partial charge on any atom is 0.255 e. The van der Waals surface area contributed by atoms with E-state index in [0.29, 0.717) is 11.3 Å². The predicted octanol–water partition coefficient (Wildman–Crippen LogP) is 3.37. The molecule has 0 spiro atoms. The standard InChI is InChI=1S/C18H22N2O3.ClH/c1-22-15-6-4-14(5-7-15)18(8-2-3-9-18)20-17(21)13-10-16(11-19)23-12-13;/h4-7,10,12H,2-3,8-9,11,19H2,1H3,(H,20,21);1H. The number of ether oxygens (including phenoxy) is 1. The van der Waals surface area contributed by atoms with Crippen LogP contribution >= 0.6 is 12.4 Å². The highest BCUT2D eigenvalue weighted by atomic mass is 35.5. The molecule has 5 nitrogen and oxygen atoms in total. The molecule has 0 unspecified atom stereocenters. The fraction of sp³-hybridized carbons (Fsp3) is 0.389. The molecule has 3 N–H and O–H groups in total. The normalized spacial score (nSPS) is 15.6. The molecule has 1 aliphatic carbocycles. The van der Waals surface area contributed by atoms with Crippen molar-refractivity contribution >= 4 is 18.3 Å². The average Bonchev–Trinajstić information content (AvgIpc) is 3.25. The number of amides is 1. The summed E-state index contributed by atoms with van der Waals surface area (Å²) in [5.74, 6) is 1.31. The van der Waals surface area contributed by atoms with Crippen LogP contribution in [0.2, 0.25) is 0 Å². The van der Waals surface area contributed by atoms with Gasteiger partial charge in [0.1, 0.15) is 17.8 Å². The van der Waals surface area contributed by atoms with Crippen molar-refractivity contribution in [2.24, 2.45) is 5.73 Å². The van der Waals surface area contributed by atoms with Gasteiger partial charge in [0, 0.05) is 0 Å². The molecule has 6 heteroatoms. The van der Waals surface area contributed by atoms with E-state index in [1.807, 2.05) is 24.3 Å². The van der Waals surface area contributed by atoms with Crippen molar-refractivity contribution in [1.29, 1.82) is 0 Å². The van der Waals surface area contributed by atoms with Gasteiger partial charge in [-0.2, -0.15) is 0 Å². The third-order valence-corrected chi connectivity index (χ3v) is 4.57. The van der Waals surface area contributed by atoms with Crippen molar-refractivity contribution in [3.8, 4) is 5.75 Å². The topological polar surface area (TPSA) is 77.5 Å². The molecule has 1 heterocycles. The lowest BCUT2D eigenvalue weighted by atomic mass is 9.87. The van der Waals surface area contributed by atoms with Crippen LogP contribution in [0.25, 0.3) is 0 Å². The summed E-state index contributed by atoms with van der Waals surface area (Å²) in [6.45, 7) is 0.289. The lowest BCUT2D eigenvalue weighted by Gasteiger charge is -2.31. The van der Waals surface area contributed by atoms with Crippen LogP contribution in [0.5, 0.6) is 5.75 Å². The van der Waals surface area contributed by atoms with Crippen LogP contribution in [0.3, 0.4) is 0 Å². The zero-order valence-electron chi connectivity index (χ0n) is 13.7. The fourth-order valence-electron chi connectivity index (χ4n) is 3.27. The highest BCUT2D eigenvalue weighted by Crippen LogP contribution is 2.39. The van der Waals surface area contributed by atoms with E-state index in [2.05, 4.69) is 5.32 Å². The summed E-state index contributed by atoms with van der Waals surface area (Å²) in [6, 6.07) is 9.64. The fourth-order valence-corrected chi connectivity index (χ4v) is 3.27. The van der Waals surface area contributed by atoms with E-state index in [0.717, 1.165) is 37.0 Å². The number of benzene rings is 1. The molecule has 1 aromatic carbocycles. The SMILES string of the molecule is COc1ccc(C2(NC(=O)c3coc(CN)c3)CCCC2)cc1.Cl. The van der Waals surface area contributed by atoms with Gasteiger partial charge < -0.3 is 20.2 Å². The molecule has 24 heavy (non-hydrogen) atoms. The van der Waals surface area contributed by atoms with Crippen LogP contribution in [0.15, 0.2) is 41.0 Å². The summed E-state index contributed by atoms with van der Waals surface area (Å²) in [4.78, 5) is 12.6. The number of furan rings is 1. The Morgan fingerprint density at radius 1 is 1.29 bits per heavy atom. The minimum absolute atomic E-state index is 0. The first-order valence-corrected chi connectivity index (χ1v) is 7.91. The van der Waals surface area contributed by atoms with Crippen molar-refractivity contribution in [3.05, 3.63) is 53.5 Å². The number of halogens is 1. The molecule has 1 aromatic heterocycles. The van der Waals surface area contributed by atoms with Gasteiger partial charge in [0.05, 0.1) is 24.8 Å². The number of nitrogens with two attached hydrogens (primary N) is 1. The van der Waals surface area contributed by atoms with E-state index >= 15 is 0 Å². The summed E-state index contributed by atoms with van der Waals surface area (Å²) in [5.41, 5.74) is 6.85. The molecule has 0 radical (unpaired) electrons. The first kappa shape index (κ1) is 18.4. The molecular formula is C18H23ClN2O3. The van der Waals surface area contributed by atoms with Gasteiger partial charge in [-0.15, -0.1) is 12.4 Å². The number of carbonyl (C=O) groups excluding carboxylic acids is 1. The van der Waals surface area contributed by atoms with Gasteiger partial charge in [0.15, 0.2) is 0 Å². The van der Waals surface area contributed by atoms with Gasteiger partial charge in [0.25, 0.3) is 5.91 Å². The van der Waals surface area contributed by atoms with Crippen LogP contribution in [-0.2, 0) is 12.1 Å². The summed E-state index contributed by atoms with van der Waals surface area (Å²) >= 11 is 0. The van der Waals surface area contributed by atoms with E-state index in [1.165, 1.54) is 6.26 Å². The Morgan fingerprint density at radius 2 is 1.96 bits per heavy atom. The smallest absolute Gasteiger partial charge is 0.255 e. The third kappa shape index (κ3) is 3.57. The van der Waals surface area contributed by atoms with Gasteiger partial charge in [-0.1, -0.05) is 25.0 Å². The van der Waals surface area contributed by atoms with Gasteiger partial charge in [0.2, 0.25) is 0 Å². The summed E-state index contributed by atoms with van der Waals surface area (Å²) in [5, 5.41) is 3.22. The minimum Gasteiger partial charge on any atom is -0.497 e. The highest BCUT2D eigenvalue weighted by molar-refractivity contribution is 5.94. The lowest BCUT2D eigenvalue weighted by molar-refractivity contribution is 0.0897. The Hall–Kier alpha value is -1.98. The molecule has 1 amide bonds. The van der Waals surface area contributed by atoms with Gasteiger partial charge in [-0.05, 0) is 36.6 Å². The maximum atomic E-state index is 12.6. The predicted molar refractivity (Wildman–Crippen MR) is 94.5 cm³/mol. The number of methoxy groups -OCH3 is 1. The van der Waals surface area contributed by atoms with Crippen LogP contribution in [0, 0.1) is 0 Å². The Balaban J connectivity index is 0.00000208. The lowest BCUT2D eigenvalue weighted by Crippen LogP contribution is -2.43. The number of hydrogen-bond donors (Lipinski definition) is 2. The average molecular weight is 351 g/mol.